The Bertz CT molecular complexity index is 491. The highest BCUT2D eigenvalue weighted by Crippen LogP contribution is 2.39. The van der Waals surface area contributed by atoms with Gasteiger partial charge in [-0.05, 0) is 69.2 Å². The molecule has 0 amide bonds. The SMILES string of the molecule is Cc1ccc(CC(NN)C2CC3CCC(C2)N3C)c(Cl)c1. The maximum atomic E-state index is 6.39. The van der Waals surface area contributed by atoms with E-state index >= 15 is 0 Å². The summed E-state index contributed by atoms with van der Waals surface area (Å²) >= 11 is 6.39. The number of nitrogens with one attached hydrogen (secondary N) is 1. The predicted octanol–water partition coefficient (Wildman–Crippen LogP) is 2.90. The maximum Gasteiger partial charge on any atom is 0.0441 e. The number of rotatable bonds is 4. The van der Waals surface area contributed by atoms with E-state index in [0.717, 1.165) is 23.5 Å². The zero-order valence-electron chi connectivity index (χ0n) is 13.0. The van der Waals surface area contributed by atoms with Crippen molar-refractivity contribution in [2.24, 2.45) is 11.8 Å². The average Bonchev–Trinajstić information content (AvgIpc) is 2.68. The molecule has 0 radical (unpaired) electrons. The summed E-state index contributed by atoms with van der Waals surface area (Å²) in [5, 5.41) is 0.867. The molecule has 0 aromatic heterocycles. The van der Waals surface area contributed by atoms with E-state index < -0.39 is 0 Å². The number of fused-ring (bicyclic) bond motifs is 2. The monoisotopic (exact) mass is 307 g/mol. The third kappa shape index (κ3) is 3.11. The van der Waals surface area contributed by atoms with Crippen molar-refractivity contribution in [1.82, 2.24) is 10.3 Å². The Labute approximate surface area is 132 Å². The zero-order valence-corrected chi connectivity index (χ0v) is 13.7. The van der Waals surface area contributed by atoms with Crippen LogP contribution in [0.25, 0.3) is 0 Å². The van der Waals surface area contributed by atoms with Gasteiger partial charge in [-0.15, -0.1) is 0 Å². The lowest BCUT2D eigenvalue weighted by atomic mass is 9.83. The molecule has 2 heterocycles. The van der Waals surface area contributed by atoms with E-state index in [1.807, 2.05) is 6.07 Å². The summed E-state index contributed by atoms with van der Waals surface area (Å²) in [5.74, 6) is 6.52. The topological polar surface area (TPSA) is 41.3 Å². The Kier molecular flexibility index (Phi) is 4.55. The van der Waals surface area contributed by atoms with Gasteiger partial charge in [-0.3, -0.25) is 11.3 Å². The minimum absolute atomic E-state index is 0.321. The Morgan fingerprint density at radius 3 is 2.57 bits per heavy atom. The molecule has 116 valence electrons. The van der Waals surface area contributed by atoms with Gasteiger partial charge in [0.2, 0.25) is 0 Å². The van der Waals surface area contributed by atoms with Gasteiger partial charge in [0.1, 0.15) is 0 Å². The van der Waals surface area contributed by atoms with Crippen molar-refractivity contribution in [3.05, 3.63) is 34.3 Å². The second-order valence-corrected chi connectivity index (χ2v) is 7.26. The molecular formula is C17H26ClN3. The third-order valence-corrected chi connectivity index (χ3v) is 5.92. The van der Waals surface area contributed by atoms with E-state index in [9.17, 15) is 0 Å². The normalized spacial score (nSPS) is 30.6. The van der Waals surface area contributed by atoms with E-state index in [-0.39, 0.29) is 0 Å². The number of piperidine rings is 1. The van der Waals surface area contributed by atoms with E-state index in [2.05, 4.69) is 36.4 Å². The van der Waals surface area contributed by atoms with E-state index in [1.165, 1.54) is 36.8 Å². The lowest BCUT2D eigenvalue weighted by molar-refractivity contribution is 0.112. The van der Waals surface area contributed by atoms with Crippen LogP contribution in [0.4, 0.5) is 0 Å². The molecule has 0 saturated carbocycles. The highest BCUT2D eigenvalue weighted by atomic mass is 35.5. The van der Waals surface area contributed by atoms with Crippen molar-refractivity contribution < 1.29 is 0 Å². The van der Waals surface area contributed by atoms with Crippen LogP contribution in [0.3, 0.4) is 0 Å². The molecular weight excluding hydrogens is 282 g/mol. The van der Waals surface area contributed by atoms with Crippen molar-refractivity contribution in [2.75, 3.05) is 7.05 Å². The Balaban J connectivity index is 1.71. The van der Waals surface area contributed by atoms with Gasteiger partial charge in [0.05, 0.1) is 0 Å². The number of hydrogen-bond donors (Lipinski definition) is 2. The third-order valence-electron chi connectivity index (χ3n) is 5.57. The van der Waals surface area contributed by atoms with Crippen LogP contribution in [0.5, 0.6) is 0 Å². The fourth-order valence-electron chi connectivity index (χ4n) is 4.20. The number of hydrogen-bond acceptors (Lipinski definition) is 3. The molecule has 3 unspecified atom stereocenters. The van der Waals surface area contributed by atoms with Crippen molar-refractivity contribution in [3.63, 3.8) is 0 Å². The number of nitrogens with two attached hydrogens (primary N) is 1. The molecule has 3 nitrogen and oxygen atoms in total. The number of benzene rings is 1. The van der Waals surface area contributed by atoms with Crippen LogP contribution in [-0.4, -0.2) is 30.1 Å². The molecule has 0 spiro atoms. The van der Waals surface area contributed by atoms with Gasteiger partial charge in [-0.25, -0.2) is 0 Å². The summed E-state index contributed by atoms with van der Waals surface area (Å²) in [4.78, 5) is 2.57. The second-order valence-electron chi connectivity index (χ2n) is 6.85. The summed E-state index contributed by atoms with van der Waals surface area (Å²) in [6.07, 6.45) is 6.13. The summed E-state index contributed by atoms with van der Waals surface area (Å²) < 4.78 is 0. The molecule has 1 aromatic carbocycles. The van der Waals surface area contributed by atoms with E-state index in [0.29, 0.717) is 12.0 Å². The van der Waals surface area contributed by atoms with Crippen LogP contribution < -0.4 is 11.3 Å². The van der Waals surface area contributed by atoms with Gasteiger partial charge >= 0.3 is 0 Å². The number of hydrazine groups is 1. The summed E-state index contributed by atoms with van der Waals surface area (Å²) in [6.45, 7) is 2.07. The van der Waals surface area contributed by atoms with Crippen LogP contribution in [0.15, 0.2) is 18.2 Å². The molecule has 21 heavy (non-hydrogen) atoms. The fourth-order valence-corrected chi connectivity index (χ4v) is 4.51. The van der Waals surface area contributed by atoms with Crippen molar-refractivity contribution in [1.29, 1.82) is 0 Å². The summed E-state index contributed by atoms with van der Waals surface area (Å²) in [7, 11) is 2.28. The van der Waals surface area contributed by atoms with Gasteiger partial charge in [-0.1, -0.05) is 23.7 Å². The molecule has 2 aliphatic rings. The van der Waals surface area contributed by atoms with Gasteiger partial charge in [-0.2, -0.15) is 0 Å². The lowest BCUT2D eigenvalue weighted by Crippen LogP contribution is -2.49. The largest absolute Gasteiger partial charge is 0.300 e. The van der Waals surface area contributed by atoms with Gasteiger partial charge < -0.3 is 4.90 Å². The Hall–Kier alpha value is -0.610. The van der Waals surface area contributed by atoms with Crippen molar-refractivity contribution in [3.8, 4) is 0 Å². The molecule has 2 bridgehead atoms. The molecule has 1 aromatic rings. The average molecular weight is 308 g/mol. The Morgan fingerprint density at radius 2 is 2.00 bits per heavy atom. The first-order valence-electron chi connectivity index (χ1n) is 8.01. The highest BCUT2D eigenvalue weighted by molar-refractivity contribution is 6.31. The molecule has 0 aliphatic carbocycles. The van der Waals surface area contributed by atoms with Gasteiger partial charge in [0.25, 0.3) is 0 Å². The molecule has 3 rings (SSSR count). The van der Waals surface area contributed by atoms with Crippen LogP contribution in [0.2, 0.25) is 5.02 Å². The maximum absolute atomic E-state index is 6.39. The van der Waals surface area contributed by atoms with Crippen LogP contribution in [0, 0.1) is 12.8 Å². The quantitative estimate of drug-likeness (QED) is 0.664. The minimum atomic E-state index is 0.321. The van der Waals surface area contributed by atoms with E-state index in [1.54, 1.807) is 0 Å². The minimum Gasteiger partial charge on any atom is -0.300 e. The lowest BCUT2D eigenvalue weighted by Gasteiger charge is -2.39. The van der Waals surface area contributed by atoms with Gasteiger partial charge in [0.15, 0.2) is 0 Å². The molecule has 2 aliphatic heterocycles. The zero-order chi connectivity index (χ0) is 15.0. The Morgan fingerprint density at radius 1 is 1.33 bits per heavy atom. The highest BCUT2D eigenvalue weighted by Gasteiger charge is 2.40. The van der Waals surface area contributed by atoms with Crippen molar-refractivity contribution in [2.45, 2.75) is 57.2 Å². The first-order valence-corrected chi connectivity index (χ1v) is 8.39. The molecule has 4 heteroatoms. The first-order chi connectivity index (χ1) is 10.1. The number of aryl methyl sites for hydroxylation is 1. The first kappa shape index (κ1) is 15.3. The van der Waals surface area contributed by atoms with Crippen molar-refractivity contribution >= 4 is 11.6 Å². The summed E-state index contributed by atoms with van der Waals surface area (Å²) in [5.41, 5.74) is 5.48. The molecule has 3 N–H and O–H groups in total. The predicted molar refractivity (Wildman–Crippen MR) is 88.3 cm³/mol. The van der Waals surface area contributed by atoms with Gasteiger partial charge in [0, 0.05) is 23.1 Å². The van der Waals surface area contributed by atoms with Crippen LogP contribution in [-0.2, 0) is 6.42 Å². The smallest absolute Gasteiger partial charge is 0.0441 e. The standard InChI is InChI=1S/C17H26ClN3/c1-11-3-4-12(16(18)7-11)10-17(20-19)13-8-14-5-6-15(9-13)21(14)2/h3-4,7,13-15,17,20H,5-6,8-10,19H2,1-2H3. The molecule has 3 atom stereocenters. The number of nitrogens with zero attached hydrogens (tertiary/aromatic N) is 1. The summed E-state index contributed by atoms with van der Waals surface area (Å²) in [6, 6.07) is 8.14. The number of halogens is 1. The molecule has 2 fully saturated rings. The fraction of sp³-hybridized carbons (Fsp3) is 0.647. The van der Waals surface area contributed by atoms with Crippen LogP contribution in [0.1, 0.15) is 36.8 Å². The second kappa shape index (κ2) is 6.25. The van der Waals surface area contributed by atoms with Crippen LogP contribution >= 0.6 is 11.6 Å². The van der Waals surface area contributed by atoms with E-state index in [4.69, 9.17) is 17.4 Å². The molecule has 2 saturated heterocycles.